The Bertz CT molecular complexity index is 1730. The summed E-state index contributed by atoms with van der Waals surface area (Å²) in [6.07, 6.45) is 0.812. The van der Waals surface area contributed by atoms with Crippen LogP contribution >= 0.6 is 0 Å². The Kier molecular flexibility index (Phi) is 21.6. The second-order valence-corrected chi connectivity index (χ2v) is 34.2. The topological polar surface area (TPSA) is 159 Å². The normalized spacial score (nSPS) is 38.8. The number of rotatable bonds is 14. The molecule has 0 saturated carbocycles. The fraction of sp³-hybridized carbons (Fsp3) is 0.887. The standard InChI is InChI=1S/C53H97NO14Si2/c1-32(2)27-40(55)64-49-36(6)61-43(31-53(49,13)59-17)65-46-35(5)62-50(45(57)44(46)54(14)15)66-47-37-28-33(3)38(67-69(18,19)51(7,8)9)26-24-22-23-25-34(4)60-41(56)30-39(48(47)58-16)63-42(29-37)68-70(20,21)52(10,11)12/h22-24,26,32-39,42-50,57H,25,27-31H2,1-21H3/b23-22+,26-24+/t33-,34-,35-,36+,37-,38+,39-,42?,43+,44-,45-,46-,47+,48+,49+,50+,53-/m1/s1. The van der Waals surface area contributed by atoms with Gasteiger partial charge in [-0.05, 0) is 102 Å². The zero-order valence-electron chi connectivity index (χ0n) is 47.1. The van der Waals surface area contributed by atoms with Crippen LogP contribution in [0.3, 0.4) is 0 Å². The summed E-state index contributed by atoms with van der Waals surface area (Å²) in [5, 5.41) is 12.4. The summed E-state index contributed by atoms with van der Waals surface area (Å²) in [7, 11) is 2.27. The molecular weight excluding hydrogens is 931 g/mol. The van der Waals surface area contributed by atoms with Crippen LogP contribution in [0.4, 0.5) is 0 Å². The summed E-state index contributed by atoms with van der Waals surface area (Å²) in [6, 6.07) is -0.628. The molecule has 3 fully saturated rings. The van der Waals surface area contributed by atoms with Crippen LogP contribution in [-0.2, 0) is 61.1 Å². The maximum absolute atomic E-state index is 13.9. The maximum atomic E-state index is 13.9. The molecule has 4 aliphatic heterocycles. The predicted molar refractivity (Wildman–Crippen MR) is 276 cm³/mol. The molecule has 0 amide bonds. The Hall–Kier alpha value is -1.59. The molecule has 0 spiro atoms. The van der Waals surface area contributed by atoms with E-state index in [2.05, 4.69) is 80.7 Å². The Morgan fingerprint density at radius 1 is 0.857 bits per heavy atom. The van der Waals surface area contributed by atoms with Gasteiger partial charge in [-0.2, -0.15) is 0 Å². The fourth-order valence-corrected chi connectivity index (χ4v) is 12.2. The summed E-state index contributed by atoms with van der Waals surface area (Å²) in [5.74, 6) is -0.907. The van der Waals surface area contributed by atoms with Crippen LogP contribution in [0.1, 0.15) is 129 Å². The van der Waals surface area contributed by atoms with E-state index in [4.69, 9.17) is 51.5 Å². The lowest BCUT2D eigenvalue weighted by molar-refractivity contribution is -0.345. The van der Waals surface area contributed by atoms with E-state index in [9.17, 15) is 14.7 Å². The first kappa shape index (κ1) is 61.0. The van der Waals surface area contributed by atoms with Crippen LogP contribution in [0, 0.1) is 17.8 Å². The Balaban J connectivity index is 1.77. The SMILES string of the molecule is CO[C@@H]1[C@@H](O[C@@H]2O[C@H](C)[C@@H](O[C@H]3C[C@@](C)(OC)[C@@H](OC(=O)CC(C)C)[C@H](C)O3)[C@H](N(C)C)[C@H]2O)[C@H]2CC(O[Si](C)(C)C(C)(C)C)O[C@@H]1CC(=O)O[C@H](C)C/C=C/C=C/[C@H](O[Si](C)(C)C(C)(C)C)[C@H](C)C2. The van der Waals surface area contributed by atoms with Crippen molar-refractivity contribution in [3.8, 4) is 0 Å². The second-order valence-electron chi connectivity index (χ2n) is 24.6. The molecule has 4 heterocycles. The van der Waals surface area contributed by atoms with Crippen molar-refractivity contribution in [1.82, 2.24) is 4.90 Å². The number of methoxy groups -OCH3 is 2. The van der Waals surface area contributed by atoms with Crippen molar-refractivity contribution in [3.63, 3.8) is 0 Å². The summed E-state index contributed by atoms with van der Waals surface area (Å²) in [4.78, 5) is 28.7. The van der Waals surface area contributed by atoms with Gasteiger partial charge in [-0.1, -0.05) is 86.6 Å². The van der Waals surface area contributed by atoms with Crippen LogP contribution in [0.25, 0.3) is 0 Å². The monoisotopic (exact) mass is 1030 g/mol. The number of fused-ring (bicyclic) bond motifs is 3. The third-order valence-corrected chi connectivity index (χ3v) is 24.8. The van der Waals surface area contributed by atoms with E-state index in [0.29, 0.717) is 19.3 Å². The molecule has 15 nitrogen and oxygen atoms in total. The minimum atomic E-state index is -2.45. The zero-order chi connectivity index (χ0) is 52.9. The first-order chi connectivity index (χ1) is 32.2. The lowest BCUT2D eigenvalue weighted by atomic mass is 9.83. The minimum Gasteiger partial charge on any atom is -0.462 e. The van der Waals surface area contributed by atoms with E-state index < -0.39 is 108 Å². The van der Waals surface area contributed by atoms with Crippen molar-refractivity contribution >= 4 is 28.6 Å². The van der Waals surface area contributed by atoms with Gasteiger partial charge in [-0.3, -0.25) is 9.59 Å². The van der Waals surface area contributed by atoms with Gasteiger partial charge in [0, 0.05) is 39.9 Å². The highest BCUT2D eigenvalue weighted by molar-refractivity contribution is 6.74. The number of allylic oxidation sites excluding steroid dienone is 2. The summed E-state index contributed by atoms with van der Waals surface area (Å²) in [5.41, 5.74) is -0.917. The smallest absolute Gasteiger partial charge is 0.308 e. The number of hydrogen-bond acceptors (Lipinski definition) is 15. The number of hydrogen-bond donors (Lipinski definition) is 1. The van der Waals surface area contributed by atoms with Crippen molar-refractivity contribution in [2.45, 2.75) is 256 Å². The van der Waals surface area contributed by atoms with Gasteiger partial charge in [-0.25, -0.2) is 0 Å². The van der Waals surface area contributed by atoms with E-state index in [1.807, 2.05) is 78.8 Å². The van der Waals surface area contributed by atoms with Gasteiger partial charge in [0.1, 0.15) is 36.3 Å². The molecule has 1 N–H and O–H groups in total. The lowest BCUT2D eigenvalue weighted by Crippen LogP contribution is -2.66. The average molecular weight is 1030 g/mol. The Labute approximate surface area is 424 Å². The number of esters is 2. The van der Waals surface area contributed by atoms with Gasteiger partial charge in [0.05, 0.1) is 43.0 Å². The maximum Gasteiger partial charge on any atom is 0.308 e. The quantitative estimate of drug-likeness (QED) is 0.130. The van der Waals surface area contributed by atoms with E-state index in [1.54, 1.807) is 14.2 Å². The molecule has 0 aromatic heterocycles. The number of carbonyl (C=O) groups excluding carboxylic acids is 2. The molecule has 0 aliphatic carbocycles. The van der Waals surface area contributed by atoms with E-state index >= 15 is 0 Å². The van der Waals surface area contributed by atoms with Gasteiger partial charge < -0.3 is 61.5 Å². The third kappa shape index (κ3) is 15.7. The van der Waals surface area contributed by atoms with Crippen molar-refractivity contribution in [3.05, 3.63) is 24.3 Å². The van der Waals surface area contributed by atoms with Crippen LogP contribution < -0.4 is 0 Å². The van der Waals surface area contributed by atoms with Crippen LogP contribution in [0.2, 0.25) is 36.3 Å². The number of ether oxygens (including phenoxy) is 9. The average Bonchev–Trinajstić information content (AvgIpc) is 3.33. The number of likely N-dealkylation sites (N-methyl/N-ethyl adjacent to an activating group) is 1. The fourth-order valence-electron chi connectivity index (χ4n) is 9.68. The predicted octanol–water partition coefficient (Wildman–Crippen LogP) is 9.31. The third-order valence-electron chi connectivity index (χ3n) is 15.9. The molecule has 0 radical (unpaired) electrons. The van der Waals surface area contributed by atoms with Crippen LogP contribution in [-0.4, -0.2) is 158 Å². The molecule has 0 aromatic rings. The first-order valence-electron chi connectivity index (χ1n) is 26.0. The lowest BCUT2D eigenvalue weighted by Gasteiger charge is -2.50. The van der Waals surface area contributed by atoms with Gasteiger partial charge in [0.25, 0.3) is 0 Å². The summed E-state index contributed by atoms with van der Waals surface area (Å²) in [6.45, 7) is 36.0. The molecule has 17 atom stereocenters. The highest BCUT2D eigenvalue weighted by Gasteiger charge is 2.55. The molecule has 406 valence electrons. The van der Waals surface area contributed by atoms with Crippen LogP contribution in [0.5, 0.6) is 0 Å². The molecule has 0 aromatic carbocycles. The molecule has 1 unspecified atom stereocenters. The van der Waals surface area contributed by atoms with Crippen molar-refractivity contribution in [2.75, 3.05) is 28.3 Å². The molecule has 17 heteroatoms. The second kappa shape index (κ2) is 24.8. The Morgan fingerprint density at radius 3 is 2.06 bits per heavy atom. The highest BCUT2D eigenvalue weighted by atomic mass is 28.4. The highest BCUT2D eigenvalue weighted by Crippen LogP contribution is 2.45. The molecule has 4 aliphatic rings. The number of nitrogens with zero attached hydrogens (tertiary/aromatic N) is 1. The zero-order valence-corrected chi connectivity index (χ0v) is 49.1. The van der Waals surface area contributed by atoms with Crippen molar-refractivity contribution in [1.29, 1.82) is 0 Å². The number of cyclic esters (lactones) is 1. The summed E-state index contributed by atoms with van der Waals surface area (Å²) >= 11 is 0. The molecule has 4 rings (SSSR count). The van der Waals surface area contributed by atoms with Gasteiger partial charge in [0.2, 0.25) is 0 Å². The first-order valence-corrected chi connectivity index (χ1v) is 31.8. The van der Waals surface area contributed by atoms with Crippen LogP contribution in [0.15, 0.2) is 24.3 Å². The molecular formula is C53H97NO14Si2. The number of aliphatic hydroxyl groups is 1. The van der Waals surface area contributed by atoms with E-state index in [1.165, 1.54) is 0 Å². The van der Waals surface area contributed by atoms with Gasteiger partial charge in [-0.15, -0.1) is 0 Å². The van der Waals surface area contributed by atoms with Gasteiger partial charge >= 0.3 is 11.9 Å². The minimum absolute atomic E-state index is 0.0216. The molecule has 3 saturated heterocycles. The molecule has 2 bridgehead atoms. The van der Waals surface area contributed by atoms with E-state index in [-0.39, 0.29) is 59.2 Å². The van der Waals surface area contributed by atoms with Gasteiger partial charge in [0.15, 0.2) is 35.3 Å². The Morgan fingerprint density at radius 2 is 1.49 bits per heavy atom. The number of carbonyl (C=O) groups is 2. The van der Waals surface area contributed by atoms with E-state index in [0.717, 1.165) is 0 Å². The summed E-state index contributed by atoms with van der Waals surface area (Å²) < 4.78 is 73.0. The number of aliphatic hydroxyl groups excluding tert-OH is 1. The van der Waals surface area contributed by atoms with Crippen molar-refractivity contribution in [2.24, 2.45) is 17.8 Å². The molecule has 70 heavy (non-hydrogen) atoms. The largest absolute Gasteiger partial charge is 0.462 e. The van der Waals surface area contributed by atoms with Crippen molar-refractivity contribution < 1.29 is 66.2 Å².